The number of esters is 1. The van der Waals surface area contributed by atoms with Gasteiger partial charge in [0.05, 0.1) is 18.0 Å². The lowest BCUT2D eigenvalue weighted by Crippen LogP contribution is -2.41. The number of hydrogen-bond acceptors (Lipinski definition) is 7. The van der Waals surface area contributed by atoms with Crippen LogP contribution >= 0.6 is 35.1 Å². The summed E-state index contributed by atoms with van der Waals surface area (Å²) in [6.45, 7) is 2.09. The summed E-state index contributed by atoms with van der Waals surface area (Å²) in [6, 6.07) is 15.4. The molecule has 0 unspecified atom stereocenters. The van der Waals surface area contributed by atoms with E-state index in [0.29, 0.717) is 16.7 Å². The number of thioether (sulfide) groups is 2. The predicted molar refractivity (Wildman–Crippen MR) is 104 cm³/mol. The van der Waals surface area contributed by atoms with E-state index in [-0.39, 0.29) is 0 Å². The van der Waals surface area contributed by atoms with Gasteiger partial charge in [0.25, 0.3) is 0 Å². The smallest absolute Gasteiger partial charge is 0.365 e. The van der Waals surface area contributed by atoms with Gasteiger partial charge in [-0.15, -0.1) is 0 Å². The van der Waals surface area contributed by atoms with E-state index >= 15 is 0 Å². The highest BCUT2D eigenvalue weighted by Crippen LogP contribution is 2.57. The highest BCUT2D eigenvalue weighted by Gasteiger charge is 2.51. The Balaban J connectivity index is 1.75. The molecule has 2 heterocycles. The monoisotopic (exact) mass is 391 g/mol. The van der Waals surface area contributed by atoms with Gasteiger partial charge in [-0.1, -0.05) is 41.6 Å². The molecule has 0 saturated carbocycles. The summed E-state index contributed by atoms with van der Waals surface area (Å²) in [6.07, 6.45) is 0. The van der Waals surface area contributed by atoms with E-state index in [1.165, 1.54) is 11.8 Å². The zero-order chi connectivity index (χ0) is 17.4. The molecule has 8 heteroatoms. The Morgan fingerprint density at radius 3 is 2.88 bits per heavy atom. The Morgan fingerprint density at radius 1 is 1.28 bits per heavy atom. The van der Waals surface area contributed by atoms with E-state index in [1.54, 1.807) is 29.8 Å². The van der Waals surface area contributed by atoms with Crippen LogP contribution in [0.5, 0.6) is 0 Å². The van der Waals surface area contributed by atoms with Gasteiger partial charge >= 0.3 is 5.97 Å². The van der Waals surface area contributed by atoms with Gasteiger partial charge in [-0.2, -0.15) is 5.10 Å². The molecule has 0 aromatic heterocycles. The Kier molecular flexibility index (Phi) is 4.31. The maximum Gasteiger partial charge on any atom is 0.365 e. The van der Waals surface area contributed by atoms with Crippen LogP contribution in [0.25, 0.3) is 0 Å². The number of halogens is 1. The SMILES string of the molecule is CCOC(=O)C1=NN(c2cccc(Cl)c2)[C@]2(Nc3ccccc3S2)S1. The number of rotatable bonds is 3. The maximum atomic E-state index is 12.2. The lowest BCUT2D eigenvalue weighted by Gasteiger charge is -2.32. The van der Waals surface area contributed by atoms with E-state index in [1.807, 2.05) is 42.5 Å². The summed E-state index contributed by atoms with van der Waals surface area (Å²) in [4.78, 5) is 13.3. The molecular formula is C17H14ClN3O2S2. The molecule has 0 bridgehead atoms. The molecule has 0 saturated heterocycles. The van der Waals surface area contributed by atoms with Gasteiger partial charge in [0.1, 0.15) is 0 Å². The first-order valence-electron chi connectivity index (χ1n) is 7.68. The van der Waals surface area contributed by atoms with Crippen molar-refractivity contribution in [1.82, 2.24) is 0 Å². The molecule has 2 aromatic carbocycles. The van der Waals surface area contributed by atoms with E-state index in [0.717, 1.165) is 16.3 Å². The molecule has 0 fully saturated rings. The zero-order valence-corrected chi connectivity index (χ0v) is 15.6. The molecule has 2 aromatic rings. The Labute approximate surface area is 158 Å². The molecule has 25 heavy (non-hydrogen) atoms. The van der Waals surface area contributed by atoms with Crippen LogP contribution < -0.4 is 10.3 Å². The van der Waals surface area contributed by atoms with Crippen molar-refractivity contribution in [1.29, 1.82) is 0 Å². The predicted octanol–water partition coefficient (Wildman–Crippen LogP) is 4.60. The Hall–Kier alpha value is -1.83. The van der Waals surface area contributed by atoms with Crippen molar-refractivity contribution in [3.8, 4) is 0 Å². The van der Waals surface area contributed by atoms with Gasteiger partial charge < -0.3 is 10.1 Å². The van der Waals surface area contributed by atoms with Crippen LogP contribution in [-0.4, -0.2) is 21.9 Å². The van der Waals surface area contributed by atoms with Crippen molar-refractivity contribution in [2.24, 2.45) is 5.10 Å². The van der Waals surface area contributed by atoms with Gasteiger partial charge in [-0.05, 0) is 49.0 Å². The van der Waals surface area contributed by atoms with Crippen LogP contribution in [0, 0.1) is 0 Å². The summed E-state index contributed by atoms with van der Waals surface area (Å²) in [7, 11) is 0. The molecule has 1 atom stereocenters. The number of para-hydroxylation sites is 1. The Morgan fingerprint density at radius 2 is 2.12 bits per heavy atom. The normalized spacial score (nSPS) is 21.0. The number of carbonyl (C=O) groups is 1. The minimum absolute atomic E-state index is 0.309. The second kappa shape index (κ2) is 6.48. The summed E-state index contributed by atoms with van der Waals surface area (Å²) < 4.78 is 4.45. The number of nitrogens with zero attached hydrogens (tertiary/aromatic N) is 2. The average molecular weight is 392 g/mol. The highest BCUT2D eigenvalue weighted by atomic mass is 35.5. The van der Waals surface area contributed by atoms with E-state index in [2.05, 4.69) is 10.4 Å². The minimum atomic E-state index is -0.684. The van der Waals surface area contributed by atoms with Crippen molar-refractivity contribution in [2.45, 2.75) is 16.1 Å². The van der Waals surface area contributed by atoms with Crippen LogP contribution in [0.1, 0.15) is 6.92 Å². The fraction of sp³-hybridized carbons (Fsp3) is 0.176. The third-order valence-electron chi connectivity index (χ3n) is 3.64. The van der Waals surface area contributed by atoms with Gasteiger partial charge in [-0.3, -0.25) is 0 Å². The quantitative estimate of drug-likeness (QED) is 0.772. The fourth-order valence-corrected chi connectivity index (χ4v) is 5.45. The number of benzene rings is 2. The Bertz CT molecular complexity index is 849. The number of carbonyl (C=O) groups excluding carboxylic acids is 1. The topological polar surface area (TPSA) is 53.9 Å². The minimum Gasteiger partial charge on any atom is -0.461 e. The third kappa shape index (κ3) is 2.96. The molecule has 2 aliphatic heterocycles. The number of hydrazone groups is 1. The number of anilines is 2. The van der Waals surface area contributed by atoms with E-state index < -0.39 is 10.3 Å². The molecule has 4 rings (SSSR count). The molecular weight excluding hydrogens is 378 g/mol. The van der Waals surface area contributed by atoms with Crippen molar-refractivity contribution < 1.29 is 9.53 Å². The molecule has 0 radical (unpaired) electrons. The van der Waals surface area contributed by atoms with Gasteiger partial charge in [0, 0.05) is 9.92 Å². The van der Waals surface area contributed by atoms with Crippen LogP contribution in [0.15, 0.2) is 58.5 Å². The number of ether oxygens (including phenoxy) is 1. The van der Waals surface area contributed by atoms with Gasteiger partial charge in [0.2, 0.25) is 9.37 Å². The lowest BCUT2D eigenvalue weighted by atomic mass is 10.3. The number of nitrogens with one attached hydrogen (secondary N) is 1. The number of hydrogen-bond donors (Lipinski definition) is 1. The van der Waals surface area contributed by atoms with Gasteiger partial charge in [-0.25, -0.2) is 9.80 Å². The molecule has 1 spiro atoms. The van der Waals surface area contributed by atoms with Crippen molar-refractivity contribution >= 4 is 57.5 Å². The average Bonchev–Trinajstić information content (AvgIpc) is 3.15. The molecule has 0 aliphatic carbocycles. The molecule has 2 aliphatic rings. The molecule has 128 valence electrons. The van der Waals surface area contributed by atoms with E-state index in [9.17, 15) is 4.79 Å². The first-order valence-corrected chi connectivity index (χ1v) is 9.69. The second-order valence-corrected chi connectivity index (χ2v) is 8.44. The maximum absolute atomic E-state index is 12.2. The summed E-state index contributed by atoms with van der Waals surface area (Å²) in [5.41, 5.74) is 1.81. The highest BCUT2D eigenvalue weighted by molar-refractivity contribution is 8.27. The van der Waals surface area contributed by atoms with Crippen molar-refractivity contribution in [2.75, 3.05) is 16.9 Å². The van der Waals surface area contributed by atoms with Crippen molar-refractivity contribution in [3.05, 3.63) is 53.6 Å². The van der Waals surface area contributed by atoms with E-state index in [4.69, 9.17) is 16.3 Å². The lowest BCUT2D eigenvalue weighted by molar-refractivity contribution is -0.134. The zero-order valence-electron chi connectivity index (χ0n) is 13.2. The standard InChI is InChI=1S/C17H14ClN3O2S2/c1-2-23-16(22)15-20-21(12-7-5-6-11(18)10-12)17(25-15)19-13-8-3-4-9-14(13)24-17/h3-10,19H,2H2,1H3/t17-/m0/s1. The van der Waals surface area contributed by atoms with Crippen LogP contribution in [0.2, 0.25) is 5.02 Å². The van der Waals surface area contributed by atoms with Crippen LogP contribution in [0.3, 0.4) is 0 Å². The summed E-state index contributed by atoms with van der Waals surface area (Å²) >= 11 is 9.11. The van der Waals surface area contributed by atoms with Crippen LogP contribution in [-0.2, 0) is 9.53 Å². The summed E-state index contributed by atoms with van der Waals surface area (Å²) in [5, 5.41) is 10.7. The van der Waals surface area contributed by atoms with Crippen molar-refractivity contribution in [3.63, 3.8) is 0 Å². The fourth-order valence-electron chi connectivity index (χ4n) is 2.61. The molecule has 1 N–H and O–H groups in total. The number of fused-ring (bicyclic) bond motifs is 1. The molecule has 5 nitrogen and oxygen atoms in total. The second-order valence-electron chi connectivity index (χ2n) is 5.32. The first-order chi connectivity index (χ1) is 12.1. The van der Waals surface area contributed by atoms with Gasteiger partial charge in [0.15, 0.2) is 0 Å². The molecule has 0 amide bonds. The largest absolute Gasteiger partial charge is 0.461 e. The van der Waals surface area contributed by atoms with Crippen LogP contribution in [0.4, 0.5) is 11.4 Å². The first kappa shape index (κ1) is 16.6. The summed E-state index contributed by atoms with van der Waals surface area (Å²) in [5.74, 6) is -0.422. The third-order valence-corrected chi connectivity index (χ3v) is 6.49.